The van der Waals surface area contributed by atoms with Gasteiger partial charge in [-0.15, -0.1) is 0 Å². The number of phenols is 2. The van der Waals surface area contributed by atoms with Crippen molar-refractivity contribution in [1.29, 1.82) is 0 Å². The molecule has 1 aromatic carbocycles. The number of hydrogen-bond acceptors (Lipinski definition) is 8. The molecule has 0 fully saturated rings. The maximum atomic E-state index is 13.6. The summed E-state index contributed by atoms with van der Waals surface area (Å²) in [6.07, 6.45) is 5.00. The lowest BCUT2D eigenvalue weighted by molar-refractivity contribution is -0.140. The zero-order valence-corrected chi connectivity index (χ0v) is 18.7. The van der Waals surface area contributed by atoms with E-state index in [9.17, 15) is 24.9 Å². The number of carbonyl (C=O) groups is 1. The van der Waals surface area contributed by atoms with Gasteiger partial charge in [-0.05, 0) is 43.2 Å². The molecule has 34 heavy (non-hydrogen) atoms. The van der Waals surface area contributed by atoms with E-state index in [-0.39, 0.29) is 35.8 Å². The molecule has 1 atom stereocenters. The third-order valence-electron chi connectivity index (χ3n) is 5.82. The first-order valence-electron chi connectivity index (χ1n) is 10.6. The number of ether oxygens (including phenoxy) is 1. The van der Waals surface area contributed by atoms with Crippen molar-refractivity contribution < 1.29 is 24.9 Å². The van der Waals surface area contributed by atoms with Gasteiger partial charge in [-0.1, -0.05) is 6.07 Å². The van der Waals surface area contributed by atoms with Crippen molar-refractivity contribution in [3.8, 4) is 17.2 Å². The van der Waals surface area contributed by atoms with Crippen LogP contribution in [0.15, 0.2) is 53.7 Å². The Morgan fingerprint density at radius 2 is 1.94 bits per heavy atom. The predicted octanol–water partition coefficient (Wildman–Crippen LogP) is 2.25. The molecule has 0 spiro atoms. The van der Waals surface area contributed by atoms with Crippen molar-refractivity contribution in [3.05, 3.63) is 81.7 Å². The van der Waals surface area contributed by atoms with Crippen LogP contribution < -0.4 is 5.56 Å². The van der Waals surface area contributed by atoms with Gasteiger partial charge in [0.05, 0.1) is 25.3 Å². The van der Waals surface area contributed by atoms with Gasteiger partial charge >= 0.3 is 5.97 Å². The number of carbonyl (C=O) groups excluding carboxylic acids is 1. The van der Waals surface area contributed by atoms with Crippen LogP contribution >= 0.6 is 0 Å². The lowest BCUT2D eigenvalue weighted by Crippen LogP contribution is -2.29. The summed E-state index contributed by atoms with van der Waals surface area (Å²) in [5.74, 6) is -2.09. The number of fused-ring (bicyclic) bond motifs is 1. The molecule has 0 bridgehead atoms. The first-order chi connectivity index (χ1) is 16.3. The first-order valence-corrected chi connectivity index (χ1v) is 10.6. The van der Waals surface area contributed by atoms with Crippen LogP contribution in [0.5, 0.6) is 17.2 Å². The number of aryl methyl sites for hydroxylation is 2. The van der Waals surface area contributed by atoms with Crippen molar-refractivity contribution in [2.75, 3.05) is 7.11 Å². The smallest absolute Gasteiger partial charge is 0.306 e. The maximum absolute atomic E-state index is 13.6. The normalized spacial score (nSPS) is 12.1. The molecule has 0 aliphatic carbocycles. The third kappa shape index (κ3) is 4.29. The minimum absolute atomic E-state index is 0.0464. The quantitative estimate of drug-likeness (QED) is 0.280. The second-order valence-corrected chi connectivity index (χ2v) is 7.94. The number of methoxy groups -OCH3 is 1. The average Bonchev–Trinajstić information content (AvgIpc) is 3.24. The molecule has 4 rings (SSSR count). The van der Waals surface area contributed by atoms with Gasteiger partial charge in [0, 0.05) is 36.1 Å². The van der Waals surface area contributed by atoms with Gasteiger partial charge < -0.3 is 24.6 Å². The van der Waals surface area contributed by atoms with E-state index in [1.807, 2.05) is 0 Å². The van der Waals surface area contributed by atoms with E-state index >= 15 is 0 Å². The van der Waals surface area contributed by atoms with Crippen molar-refractivity contribution in [1.82, 2.24) is 19.2 Å². The predicted molar refractivity (Wildman–Crippen MR) is 122 cm³/mol. The molecule has 0 amide bonds. The topological polar surface area (TPSA) is 139 Å². The number of aromatic nitrogens is 4. The summed E-state index contributed by atoms with van der Waals surface area (Å²) in [7, 11) is 1.26. The summed E-state index contributed by atoms with van der Waals surface area (Å²) in [5.41, 5.74) is 1.81. The molecule has 176 valence electrons. The maximum Gasteiger partial charge on any atom is 0.306 e. The van der Waals surface area contributed by atoms with E-state index in [1.165, 1.54) is 40.6 Å². The third-order valence-corrected chi connectivity index (χ3v) is 5.82. The van der Waals surface area contributed by atoms with Crippen molar-refractivity contribution in [2.45, 2.75) is 32.2 Å². The number of pyridine rings is 1. The Balaban J connectivity index is 1.79. The molecule has 10 nitrogen and oxygen atoms in total. The molecule has 3 aromatic heterocycles. The molecule has 0 saturated heterocycles. The lowest BCUT2D eigenvalue weighted by atomic mass is 9.89. The van der Waals surface area contributed by atoms with Crippen LogP contribution in [0, 0.1) is 6.92 Å². The van der Waals surface area contributed by atoms with Crippen LogP contribution in [0.2, 0.25) is 0 Å². The number of phenolic OH excluding ortho intramolecular Hbond substituents is 2. The summed E-state index contributed by atoms with van der Waals surface area (Å²) in [5, 5.41) is 34.3. The molecular formula is C24H24N4O6. The summed E-state index contributed by atoms with van der Waals surface area (Å²) in [6.45, 7) is 1.95. The van der Waals surface area contributed by atoms with E-state index in [1.54, 1.807) is 31.5 Å². The molecule has 3 N–H and O–H groups in total. The van der Waals surface area contributed by atoms with E-state index in [0.29, 0.717) is 28.9 Å². The second-order valence-electron chi connectivity index (χ2n) is 7.94. The Hall–Kier alpha value is -4.34. The fourth-order valence-electron chi connectivity index (χ4n) is 4.05. The molecule has 3 heterocycles. The summed E-state index contributed by atoms with van der Waals surface area (Å²) in [6, 6.07) is 7.65. The van der Waals surface area contributed by atoms with Crippen LogP contribution in [-0.2, 0) is 22.5 Å². The Kier molecular flexibility index (Phi) is 6.22. The van der Waals surface area contributed by atoms with E-state index in [4.69, 9.17) is 4.74 Å². The Bertz CT molecular complexity index is 1420. The van der Waals surface area contributed by atoms with Gasteiger partial charge in [-0.25, -0.2) is 9.50 Å². The van der Waals surface area contributed by atoms with Gasteiger partial charge in [-0.2, -0.15) is 5.10 Å². The molecular weight excluding hydrogens is 440 g/mol. The molecule has 10 heteroatoms. The SMILES string of the molecule is COC(=O)C[C@H](c1c(O)cc(C)n(CCc2ccc(O)c(O)c2)c1=O)c1cnn2cccnc12. The van der Waals surface area contributed by atoms with Crippen molar-refractivity contribution in [3.63, 3.8) is 0 Å². The second kappa shape index (κ2) is 9.26. The number of rotatable bonds is 7. The number of esters is 1. The van der Waals surface area contributed by atoms with E-state index in [2.05, 4.69) is 10.1 Å². The van der Waals surface area contributed by atoms with Gasteiger partial charge in [0.25, 0.3) is 5.56 Å². The molecule has 0 aliphatic heterocycles. The zero-order valence-electron chi connectivity index (χ0n) is 18.7. The highest BCUT2D eigenvalue weighted by Crippen LogP contribution is 2.34. The van der Waals surface area contributed by atoms with Crippen molar-refractivity contribution in [2.24, 2.45) is 0 Å². The molecule has 0 saturated carbocycles. The Morgan fingerprint density at radius 3 is 2.68 bits per heavy atom. The van der Waals surface area contributed by atoms with Gasteiger partial charge in [0.2, 0.25) is 0 Å². The van der Waals surface area contributed by atoms with Gasteiger partial charge in [-0.3, -0.25) is 9.59 Å². The number of nitrogens with zero attached hydrogens (tertiary/aromatic N) is 4. The highest BCUT2D eigenvalue weighted by molar-refractivity contribution is 5.72. The van der Waals surface area contributed by atoms with Crippen molar-refractivity contribution >= 4 is 11.6 Å². The molecule has 0 aliphatic rings. The summed E-state index contributed by atoms with van der Waals surface area (Å²) < 4.78 is 7.88. The minimum Gasteiger partial charge on any atom is -0.507 e. The van der Waals surface area contributed by atoms with Crippen LogP contribution in [0.4, 0.5) is 0 Å². The Labute approximate surface area is 194 Å². The summed E-state index contributed by atoms with van der Waals surface area (Å²) in [4.78, 5) is 30.2. The zero-order chi connectivity index (χ0) is 24.4. The highest BCUT2D eigenvalue weighted by atomic mass is 16.5. The fraction of sp³-hybridized carbons (Fsp3) is 0.250. The standard InChI is InChI=1S/C24H24N4O6/c1-14-10-20(31)22(24(33)27(14)9-6-15-4-5-18(29)19(30)11-15)16(12-21(32)34-2)17-13-26-28-8-3-7-25-23(17)28/h3-5,7-8,10-11,13,16,29-31H,6,9,12H2,1-2H3/t16-/m0/s1. The first kappa shape index (κ1) is 22.8. The number of benzene rings is 1. The van der Waals surface area contributed by atoms with Crippen LogP contribution in [-0.4, -0.2) is 47.6 Å². The lowest BCUT2D eigenvalue weighted by Gasteiger charge is -2.19. The van der Waals surface area contributed by atoms with Crippen LogP contribution in [0.1, 0.15) is 34.7 Å². The van der Waals surface area contributed by atoms with Crippen LogP contribution in [0.3, 0.4) is 0 Å². The molecule has 0 radical (unpaired) electrons. The minimum atomic E-state index is -0.836. The average molecular weight is 464 g/mol. The van der Waals surface area contributed by atoms with E-state index < -0.39 is 17.4 Å². The fourth-order valence-corrected chi connectivity index (χ4v) is 4.05. The largest absolute Gasteiger partial charge is 0.507 e. The highest BCUT2D eigenvalue weighted by Gasteiger charge is 2.29. The number of hydrogen-bond donors (Lipinski definition) is 3. The van der Waals surface area contributed by atoms with Gasteiger partial charge in [0.1, 0.15) is 5.75 Å². The van der Waals surface area contributed by atoms with E-state index in [0.717, 1.165) is 0 Å². The molecule has 4 aromatic rings. The van der Waals surface area contributed by atoms with Crippen LogP contribution in [0.25, 0.3) is 5.65 Å². The Morgan fingerprint density at radius 1 is 1.15 bits per heavy atom. The van der Waals surface area contributed by atoms with Gasteiger partial charge in [0.15, 0.2) is 17.1 Å². The molecule has 0 unspecified atom stereocenters. The summed E-state index contributed by atoms with van der Waals surface area (Å²) >= 11 is 0. The number of aromatic hydroxyl groups is 3. The monoisotopic (exact) mass is 464 g/mol.